The van der Waals surface area contributed by atoms with Gasteiger partial charge in [0.05, 0.1) is 5.69 Å². The van der Waals surface area contributed by atoms with Crippen LogP contribution in [0, 0.1) is 0 Å². The van der Waals surface area contributed by atoms with Gasteiger partial charge in [-0.2, -0.15) is 0 Å². The van der Waals surface area contributed by atoms with Crippen molar-refractivity contribution in [1.29, 1.82) is 0 Å². The van der Waals surface area contributed by atoms with Crippen molar-refractivity contribution in [3.8, 4) is 0 Å². The molecule has 1 heterocycles. The van der Waals surface area contributed by atoms with Gasteiger partial charge in [-0.1, -0.05) is 29.8 Å². The standard InChI is InChI=1S/C15H11BrClNS/c16-13-6-5-11(17)7-14(13)18-8-10-9-19-15-4-2-1-3-12(10)15/h1-7,9,18H,8H2. The Kier molecular flexibility index (Phi) is 3.78. The second-order valence-electron chi connectivity index (χ2n) is 4.23. The van der Waals surface area contributed by atoms with E-state index < -0.39 is 0 Å². The quantitative estimate of drug-likeness (QED) is 0.616. The molecule has 2 aromatic carbocycles. The lowest BCUT2D eigenvalue weighted by molar-refractivity contribution is 1.17. The van der Waals surface area contributed by atoms with E-state index in [1.54, 1.807) is 11.3 Å². The molecule has 1 aromatic heterocycles. The Morgan fingerprint density at radius 1 is 1.16 bits per heavy atom. The Balaban J connectivity index is 1.84. The first-order valence-electron chi connectivity index (χ1n) is 5.88. The van der Waals surface area contributed by atoms with Gasteiger partial charge in [0, 0.05) is 20.7 Å². The van der Waals surface area contributed by atoms with E-state index in [0.29, 0.717) is 0 Å². The first kappa shape index (κ1) is 13.0. The molecule has 19 heavy (non-hydrogen) atoms. The topological polar surface area (TPSA) is 12.0 Å². The highest BCUT2D eigenvalue weighted by Crippen LogP contribution is 2.29. The Labute approximate surface area is 129 Å². The van der Waals surface area contributed by atoms with Crippen molar-refractivity contribution in [3.63, 3.8) is 0 Å². The van der Waals surface area contributed by atoms with Crippen molar-refractivity contribution in [1.82, 2.24) is 0 Å². The molecule has 0 saturated carbocycles. The highest BCUT2D eigenvalue weighted by molar-refractivity contribution is 9.10. The van der Waals surface area contributed by atoms with Crippen molar-refractivity contribution < 1.29 is 0 Å². The summed E-state index contributed by atoms with van der Waals surface area (Å²) in [5.74, 6) is 0. The molecule has 0 saturated heterocycles. The lowest BCUT2D eigenvalue weighted by Crippen LogP contribution is -1.99. The minimum Gasteiger partial charge on any atom is -0.380 e. The molecule has 96 valence electrons. The van der Waals surface area contributed by atoms with E-state index in [1.807, 2.05) is 18.2 Å². The van der Waals surface area contributed by atoms with E-state index in [9.17, 15) is 0 Å². The van der Waals surface area contributed by atoms with Gasteiger partial charge < -0.3 is 5.32 Å². The Hall–Kier alpha value is -1.03. The molecule has 1 nitrogen and oxygen atoms in total. The summed E-state index contributed by atoms with van der Waals surface area (Å²) < 4.78 is 2.35. The minimum absolute atomic E-state index is 0.737. The molecule has 3 aromatic rings. The van der Waals surface area contributed by atoms with Crippen molar-refractivity contribution in [2.75, 3.05) is 5.32 Å². The van der Waals surface area contributed by atoms with Crippen molar-refractivity contribution in [2.45, 2.75) is 6.54 Å². The summed E-state index contributed by atoms with van der Waals surface area (Å²) in [6.45, 7) is 0.795. The van der Waals surface area contributed by atoms with Crippen molar-refractivity contribution in [3.05, 3.63) is 62.9 Å². The number of hydrogen-bond donors (Lipinski definition) is 1. The molecule has 3 rings (SSSR count). The number of nitrogens with one attached hydrogen (secondary N) is 1. The molecule has 0 amide bonds. The summed E-state index contributed by atoms with van der Waals surface area (Å²) in [5, 5.41) is 7.68. The zero-order valence-corrected chi connectivity index (χ0v) is 13.1. The van der Waals surface area contributed by atoms with Crippen LogP contribution in [0.1, 0.15) is 5.56 Å². The predicted molar refractivity (Wildman–Crippen MR) is 88.3 cm³/mol. The first-order valence-corrected chi connectivity index (χ1v) is 7.93. The maximum Gasteiger partial charge on any atom is 0.0502 e. The fraction of sp³-hybridized carbons (Fsp3) is 0.0667. The van der Waals surface area contributed by atoms with Gasteiger partial charge in [-0.05, 0) is 56.5 Å². The summed E-state index contributed by atoms with van der Waals surface area (Å²) in [4.78, 5) is 0. The van der Waals surface area contributed by atoms with Crippen LogP contribution in [0.4, 0.5) is 5.69 Å². The van der Waals surface area contributed by atoms with E-state index >= 15 is 0 Å². The molecule has 0 radical (unpaired) electrons. The lowest BCUT2D eigenvalue weighted by atomic mass is 10.2. The molecular weight excluding hydrogens is 342 g/mol. The van der Waals surface area contributed by atoms with Crippen LogP contribution in [0.15, 0.2) is 52.3 Å². The van der Waals surface area contributed by atoms with E-state index in [-0.39, 0.29) is 0 Å². The molecule has 0 bridgehead atoms. The predicted octanol–water partition coefficient (Wildman–Crippen LogP) is 5.93. The average molecular weight is 353 g/mol. The fourth-order valence-corrected chi connectivity index (χ4v) is 3.51. The molecule has 0 aliphatic rings. The third kappa shape index (κ3) is 2.78. The normalized spacial score (nSPS) is 10.8. The Bertz CT molecular complexity index is 723. The molecule has 4 heteroatoms. The molecule has 0 aliphatic heterocycles. The molecular formula is C15H11BrClNS. The van der Waals surface area contributed by atoms with Gasteiger partial charge in [0.25, 0.3) is 0 Å². The van der Waals surface area contributed by atoms with E-state index in [4.69, 9.17) is 11.6 Å². The number of benzene rings is 2. The minimum atomic E-state index is 0.737. The van der Waals surface area contributed by atoms with Gasteiger partial charge >= 0.3 is 0 Å². The number of hydrogen-bond acceptors (Lipinski definition) is 2. The highest BCUT2D eigenvalue weighted by atomic mass is 79.9. The van der Waals surface area contributed by atoms with Gasteiger partial charge in [-0.3, -0.25) is 0 Å². The van der Waals surface area contributed by atoms with Gasteiger partial charge in [0.15, 0.2) is 0 Å². The Morgan fingerprint density at radius 3 is 2.89 bits per heavy atom. The zero-order chi connectivity index (χ0) is 13.2. The number of rotatable bonds is 3. The SMILES string of the molecule is Clc1ccc(Br)c(NCc2csc3ccccc23)c1. The second kappa shape index (κ2) is 5.53. The third-order valence-corrected chi connectivity index (χ3v) is 4.90. The van der Waals surface area contributed by atoms with Crippen LogP contribution in [-0.2, 0) is 6.54 Å². The summed E-state index contributed by atoms with van der Waals surface area (Å²) in [7, 11) is 0. The number of fused-ring (bicyclic) bond motifs is 1. The van der Waals surface area contributed by atoms with Crippen molar-refractivity contribution >= 4 is 54.6 Å². The van der Waals surface area contributed by atoms with Gasteiger partial charge in [-0.15, -0.1) is 11.3 Å². The van der Waals surface area contributed by atoms with Crippen molar-refractivity contribution in [2.24, 2.45) is 0 Å². The van der Waals surface area contributed by atoms with E-state index in [0.717, 1.165) is 21.7 Å². The molecule has 1 N–H and O–H groups in total. The smallest absolute Gasteiger partial charge is 0.0502 e. The maximum atomic E-state index is 6.01. The molecule has 0 spiro atoms. The molecule has 0 atom stereocenters. The van der Waals surface area contributed by atoms with Crippen LogP contribution >= 0.6 is 38.9 Å². The summed E-state index contributed by atoms with van der Waals surface area (Å²) >= 11 is 11.3. The largest absolute Gasteiger partial charge is 0.380 e. The van der Waals surface area contributed by atoms with Gasteiger partial charge in [-0.25, -0.2) is 0 Å². The summed E-state index contributed by atoms with van der Waals surface area (Å²) in [5.41, 5.74) is 2.33. The van der Waals surface area contributed by atoms with Crippen LogP contribution in [0.25, 0.3) is 10.1 Å². The highest BCUT2D eigenvalue weighted by Gasteiger charge is 2.05. The second-order valence-corrected chi connectivity index (χ2v) is 6.44. The Morgan fingerprint density at radius 2 is 2.00 bits per heavy atom. The molecule has 0 fully saturated rings. The van der Waals surface area contributed by atoms with E-state index in [2.05, 4.69) is 50.9 Å². The van der Waals surface area contributed by atoms with E-state index in [1.165, 1.54) is 15.6 Å². The van der Waals surface area contributed by atoms with Crippen LogP contribution in [-0.4, -0.2) is 0 Å². The number of halogens is 2. The third-order valence-electron chi connectivity index (χ3n) is 2.96. The average Bonchev–Trinajstić information content (AvgIpc) is 2.83. The first-order chi connectivity index (χ1) is 9.24. The zero-order valence-electron chi connectivity index (χ0n) is 9.99. The summed E-state index contributed by atoms with van der Waals surface area (Å²) in [6, 6.07) is 14.2. The number of thiophene rings is 1. The van der Waals surface area contributed by atoms with Gasteiger partial charge in [0.1, 0.15) is 0 Å². The fourth-order valence-electron chi connectivity index (χ4n) is 1.99. The van der Waals surface area contributed by atoms with Crippen LogP contribution in [0.2, 0.25) is 5.02 Å². The monoisotopic (exact) mass is 351 g/mol. The molecule has 0 unspecified atom stereocenters. The van der Waals surface area contributed by atoms with Crippen LogP contribution in [0.5, 0.6) is 0 Å². The molecule has 0 aliphatic carbocycles. The van der Waals surface area contributed by atoms with Crippen LogP contribution < -0.4 is 5.32 Å². The maximum absolute atomic E-state index is 6.01. The van der Waals surface area contributed by atoms with Gasteiger partial charge in [0.2, 0.25) is 0 Å². The van der Waals surface area contributed by atoms with Crippen LogP contribution in [0.3, 0.4) is 0 Å². The number of anilines is 1. The lowest BCUT2D eigenvalue weighted by Gasteiger charge is -2.08. The summed E-state index contributed by atoms with van der Waals surface area (Å²) in [6.07, 6.45) is 0.